The van der Waals surface area contributed by atoms with E-state index in [1.807, 2.05) is 13.8 Å². The van der Waals surface area contributed by atoms with Gasteiger partial charge in [0, 0.05) is 10.5 Å². The monoisotopic (exact) mass is 522 g/mol. The maximum Gasteiger partial charge on any atom is 0.192 e. The SMILES string of the molecule is CC(C)(O)CCC[C@@H](CI)C1CCC2[C@@H](O[Si](C)(C)C(C)(C)C)CCC[C@]12C. The molecule has 2 unspecified atom stereocenters. The Morgan fingerprint density at radius 3 is 2.32 bits per heavy atom. The number of hydrogen-bond acceptors (Lipinski definition) is 2. The molecule has 0 heterocycles. The molecule has 28 heavy (non-hydrogen) atoms. The molecule has 0 radical (unpaired) electrons. The quantitative estimate of drug-likeness (QED) is 0.202. The van der Waals surface area contributed by atoms with Crippen molar-refractivity contribution < 1.29 is 9.53 Å². The van der Waals surface area contributed by atoms with Crippen molar-refractivity contribution in [1.29, 1.82) is 0 Å². The van der Waals surface area contributed by atoms with Crippen LogP contribution in [0.2, 0.25) is 18.1 Å². The first-order chi connectivity index (χ1) is 12.7. The number of aliphatic hydroxyl groups is 1. The van der Waals surface area contributed by atoms with Gasteiger partial charge in [-0.15, -0.1) is 0 Å². The fourth-order valence-corrected chi connectivity index (χ4v) is 8.26. The van der Waals surface area contributed by atoms with E-state index in [2.05, 4.69) is 63.4 Å². The Bertz CT molecular complexity index is 508. The molecule has 0 spiro atoms. The van der Waals surface area contributed by atoms with Crippen LogP contribution in [0.1, 0.15) is 92.9 Å². The zero-order valence-electron chi connectivity index (χ0n) is 19.9. The van der Waals surface area contributed by atoms with Gasteiger partial charge >= 0.3 is 0 Å². The Kier molecular flexibility index (Phi) is 8.22. The van der Waals surface area contributed by atoms with E-state index in [-0.39, 0.29) is 0 Å². The summed E-state index contributed by atoms with van der Waals surface area (Å²) in [4.78, 5) is 0. The highest BCUT2D eigenvalue weighted by Crippen LogP contribution is 2.59. The van der Waals surface area contributed by atoms with Crippen LogP contribution in [0.15, 0.2) is 0 Å². The first-order valence-corrected chi connectivity index (χ1v) is 16.1. The van der Waals surface area contributed by atoms with Crippen molar-refractivity contribution in [3.8, 4) is 0 Å². The number of halogens is 1. The fraction of sp³-hybridized carbons (Fsp3) is 1.00. The summed E-state index contributed by atoms with van der Waals surface area (Å²) in [6.45, 7) is 18.5. The van der Waals surface area contributed by atoms with Gasteiger partial charge in [0.25, 0.3) is 0 Å². The Hall–Kier alpha value is 0.867. The van der Waals surface area contributed by atoms with Crippen molar-refractivity contribution in [2.24, 2.45) is 23.2 Å². The standard InChI is InChI=1S/C24H47IO2Si/c1-22(2,3)28(7,8)27-21-12-10-16-24(6)19(13-14-20(21)24)18(17-25)11-9-15-23(4,5)26/h18-21,26H,9-17H2,1-8H3/t18-,19?,20?,21-,24+/m0/s1. The molecule has 4 heteroatoms. The van der Waals surface area contributed by atoms with Gasteiger partial charge in [0.1, 0.15) is 0 Å². The second kappa shape index (κ2) is 9.16. The highest BCUT2D eigenvalue weighted by Gasteiger charge is 2.54. The van der Waals surface area contributed by atoms with Crippen LogP contribution in [0.3, 0.4) is 0 Å². The minimum Gasteiger partial charge on any atom is -0.414 e. The molecule has 2 aliphatic rings. The summed E-state index contributed by atoms with van der Waals surface area (Å²) in [5.74, 6) is 2.38. The Labute approximate surface area is 190 Å². The minimum absolute atomic E-state index is 0.292. The number of hydrogen-bond donors (Lipinski definition) is 1. The van der Waals surface area contributed by atoms with Gasteiger partial charge in [-0.2, -0.15) is 0 Å². The average molecular weight is 523 g/mol. The van der Waals surface area contributed by atoms with Gasteiger partial charge in [0.05, 0.1) is 5.60 Å². The lowest BCUT2D eigenvalue weighted by Gasteiger charge is -2.50. The van der Waals surface area contributed by atoms with Gasteiger partial charge in [-0.3, -0.25) is 0 Å². The molecule has 0 aromatic rings. The van der Waals surface area contributed by atoms with E-state index in [0.29, 0.717) is 16.6 Å². The van der Waals surface area contributed by atoms with Crippen LogP contribution < -0.4 is 0 Å². The van der Waals surface area contributed by atoms with Crippen molar-refractivity contribution in [1.82, 2.24) is 0 Å². The van der Waals surface area contributed by atoms with E-state index in [9.17, 15) is 5.11 Å². The van der Waals surface area contributed by atoms with Crippen LogP contribution in [0, 0.1) is 23.2 Å². The molecular formula is C24H47IO2Si. The lowest BCUT2D eigenvalue weighted by atomic mass is 9.61. The third-order valence-electron chi connectivity index (χ3n) is 8.52. The van der Waals surface area contributed by atoms with Crippen molar-refractivity contribution in [2.75, 3.05) is 4.43 Å². The molecule has 2 rings (SSSR count). The van der Waals surface area contributed by atoms with Gasteiger partial charge in [-0.25, -0.2) is 0 Å². The van der Waals surface area contributed by atoms with E-state index in [0.717, 1.165) is 30.6 Å². The van der Waals surface area contributed by atoms with Gasteiger partial charge in [0.2, 0.25) is 0 Å². The largest absolute Gasteiger partial charge is 0.414 e. The predicted octanol–water partition coefficient (Wildman–Crippen LogP) is 7.59. The van der Waals surface area contributed by atoms with E-state index in [1.54, 1.807) is 0 Å². The number of rotatable bonds is 8. The van der Waals surface area contributed by atoms with Gasteiger partial charge in [0.15, 0.2) is 8.32 Å². The topological polar surface area (TPSA) is 29.5 Å². The van der Waals surface area contributed by atoms with Crippen LogP contribution >= 0.6 is 22.6 Å². The number of fused-ring (bicyclic) bond motifs is 1. The van der Waals surface area contributed by atoms with E-state index < -0.39 is 13.9 Å². The summed E-state index contributed by atoms with van der Waals surface area (Å²) in [7, 11) is -1.71. The molecule has 0 bridgehead atoms. The summed E-state index contributed by atoms with van der Waals surface area (Å²) in [5.41, 5.74) is -0.0687. The molecule has 0 aliphatic heterocycles. The second-order valence-electron chi connectivity index (χ2n) is 12.2. The molecule has 2 saturated carbocycles. The summed E-state index contributed by atoms with van der Waals surface area (Å²) in [6, 6.07) is 0. The molecule has 5 atom stereocenters. The maximum absolute atomic E-state index is 10.1. The van der Waals surface area contributed by atoms with E-state index in [4.69, 9.17) is 4.43 Å². The Morgan fingerprint density at radius 2 is 1.79 bits per heavy atom. The Morgan fingerprint density at radius 1 is 1.14 bits per heavy atom. The molecule has 2 nitrogen and oxygen atoms in total. The van der Waals surface area contributed by atoms with E-state index in [1.165, 1.54) is 43.0 Å². The molecular weight excluding hydrogens is 475 g/mol. The Balaban J connectivity index is 2.09. The van der Waals surface area contributed by atoms with Crippen molar-refractivity contribution >= 4 is 30.9 Å². The average Bonchev–Trinajstić information content (AvgIpc) is 2.87. The van der Waals surface area contributed by atoms with Crippen LogP contribution in [0.5, 0.6) is 0 Å². The van der Waals surface area contributed by atoms with Crippen LogP contribution in [-0.2, 0) is 4.43 Å². The third-order valence-corrected chi connectivity index (χ3v) is 14.2. The lowest BCUT2D eigenvalue weighted by molar-refractivity contribution is -0.0211. The summed E-state index contributed by atoms with van der Waals surface area (Å²) in [5, 5.41) is 10.4. The van der Waals surface area contributed by atoms with Gasteiger partial charge in [-0.1, -0.05) is 63.1 Å². The first kappa shape index (κ1) is 25.1. The molecule has 2 aliphatic carbocycles. The predicted molar refractivity (Wildman–Crippen MR) is 133 cm³/mol. The molecule has 0 saturated heterocycles. The molecule has 1 N–H and O–H groups in total. The summed E-state index contributed by atoms with van der Waals surface area (Å²) in [6.07, 6.45) is 10.6. The second-order valence-corrected chi connectivity index (χ2v) is 17.9. The summed E-state index contributed by atoms with van der Waals surface area (Å²) < 4.78 is 8.27. The fourth-order valence-electron chi connectivity index (χ4n) is 5.81. The molecule has 0 aromatic carbocycles. The van der Waals surface area contributed by atoms with Gasteiger partial charge in [-0.05, 0) is 93.7 Å². The summed E-state index contributed by atoms with van der Waals surface area (Å²) >= 11 is 2.62. The molecule has 166 valence electrons. The third kappa shape index (κ3) is 5.76. The van der Waals surface area contributed by atoms with Crippen LogP contribution in [0.25, 0.3) is 0 Å². The minimum atomic E-state index is -1.71. The zero-order valence-corrected chi connectivity index (χ0v) is 23.1. The zero-order chi connectivity index (χ0) is 21.4. The van der Waals surface area contributed by atoms with Crippen LogP contribution in [-0.4, -0.2) is 29.6 Å². The molecule has 2 fully saturated rings. The van der Waals surface area contributed by atoms with Crippen LogP contribution in [0.4, 0.5) is 0 Å². The van der Waals surface area contributed by atoms with Crippen molar-refractivity contribution in [3.05, 3.63) is 0 Å². The normalized spacial score (nSPS) is 33.0. The van der Waals surface area contributed by atoms with Crippen molar-refractivity contribution in [2.45, 2.75) is 123 Å². The van der Waals surface area contributed by atoms with Gasteiger partial charge < -0.3 is 9.53 Å². The highest BCUT2D eigenvalue weighted by atomic mass is 127. The molecule has 0 amide bonds. The maximum atomic E-state index is 10.1. The molecule has 0 aromatic heterocycles. The van der Waals surface area contributed by atoms with E-state index >= 15 is 0 Å². The van der Waals surface area contributed by atoms with Crippen molar-refractivity contribution in [3.63, 3.8) is 0 Å². The number of alkyl halides is 1. The lowest BCUT2D eigenvalue weighted by Crippen LogP contribution is -2.50. The highest BCUT2D eigenvalue weighted by molar-refractivity contribution is 14.1. The smallest absolute Gasteiger partial charge is 0.192 e. The first-order valence-electron chi connectivity index (χ1n) is 11.7.